The third kappa shape index (κ3) is 6.27. The van der Waals surface area contributed by atoms with E-state index in [0.29, 0.717) is 28.6 Å². The lowest BCUT2D eigenvalue weighted by Crippen LogP contribution is -2.37. The van der Waals surface area contributed by atoms with Crippen LogP contribution >= 0.6 is 24.0 Å². The predicted octanol–water partition coefficient (Wildman–Crippen LogP) is 5.74. The number of carbonyl (C=O) groups is 1. The summed E-state index contributed by atoms with van der Waals surface area (Å²) in [4.78, 5) is 11.4. The number of ether oxygens (including phenoxy) is 1. The highest BCUT2D eigenvalue weighted by molar-refractivity contribution is 6.30. The molecule has 33 heavy (non-hydrogen) atoms. The van der Waals surface area contributed by atoms with Crippen LogP contribution in [0.25, 0.3) is 0 Å². The third-order valence-electron chi connectivity index (χ3n) is 5.91. The number of aromatic carboxylic acids is 1. The zero-order valence-electron chi connectivity index (χ0n) is 18.3. The second kappa shape index (κ2) is 11.0. The minimum atomic E-state index is -0.965. The average Bonchev–Trinajstić information content (AvgIpc) is 2.78. The first-order chi connectivity index (χ1) is 15.4. The fourth-order valence-corrected chi connectivity index (χ4v) is 4.31. The zero-order valence-corrected chi connectivity index (χ0v) is 19.8. The maximum absolute atomic E-state index is 11.4. The van der Waals surface area contributed by atoms with Crippen LogP contribution in [-0.4, -0.2) is 28.8 Å². The van der Waals surface area contributed by atoms with Crippen LogP contribution in [0.2, 0.25) is 5.02 Å². The first-order valence-electron chi connectivity index (χ1n) is 10.7. The van der Waals surface area contributed by atoms with Crippen LogP contribution in [-0.2, 0) is 12.8 Å². The molecule has 2 atom stereocenters. The summed E-state index contributed by atoms with van der Waals surface area (Å²) in [6.45, 7) is 2.22. The molecular formula is C26H27Cl2NO4. The molecular weight excluding hydrogens is 461 g/mol. The molecule has 0 aliphatic heterocycles. The zero-order chi connectivity index (χ0) is 22.7. The van der Waals surface area contributed by atoms with Gasteiger partial charge in [-0.05, 0) is 84.8 Å². The average molecular weight is 488 g/mol. The smallest absolute Gasteiger partial charge is 0.336 e. The summed E-state index contributed by atoms with van der Waals surface area (Å²) in [5.41, 5.74) is 4.23. The number of aliphatic hydroxyl groups excluding tert-OH is 1. The Morgan fingerprint density at radius 1 is 1.12 bits per heavy atom. The van der Waals surface area contributed by atoms with Crippen LogP contribution in [0.1, 0.15) is 45.1 Å². The van der Waals surface area contributed by atoms with E-state index in [1.54, 1.807) is 37.3 Å². The monoisotopic (exact) mass is 487 g/mol. The van der Waals surface area contributed by atoms with Gasteiger partial charge in [0, 0.05) is 17.6 Å². The molecule has 0 amide bonds. The Kier molecular flexibility index (Phi) is 8.38. The lowest BCUT2D eigenvalue weighted by Gasteiger charge is -2.27. The second-order valence-corrected chi connectivity index (χ2v) is 8.67. The highest BCUT2D eigenvalue weighted by atomic mass is 35.5. The number of rotatable bonds is 7. The van der Waals surface area contributed by atoms with Gasteiger partial charge in [-0.3, -0.25) is 0 Å². The van der Waals surface area contributed by atoms with Crippen LogP contribution in [0.3, 0.4) is 0 Å². The Bertz CT molecular complexity index is 1140. The predicted molar refractivity (Wildman–Crippen MR) is 132 cm³/mol. The van der Waals surface area contributed by atoms with E-state index in [4.69, 9.17) is 16.3 Å². The Morgan fingerprint density at radius 2 is 1.88 bits per heavy atom. The molecule has 174 valence electrons. The highest BCUT2D eigenvalue weighted by Crippen LogP contribution is 2.30. The molecule has 3 aromatic carbocycles. The molecule has 0 fully saturated rings. The number of hydrogen-bond acceptors (Lipinski definition) is 4. The number of nitrogens with one attached hydrogen (secondary N) is 1. The summed E-state index contributed by atoms with van der Waals surface area (Å²) in [5, 5.41) is 23.9. The normalized spacial score (nSPS) is 15.8. The molecule has 7 heteroatoms. The summed E-state index contributed by atoms with van der Waals surface area (Å²) in [7, 11) is 0. The van der Waals surface area contributed by atoms with Crippen molar-refractivity contribution in [1.29, 1.82) is 0 Å². The van der Waals surface area contributed by atoms with Crippen molar-refractivity contribution >= 4 is 30.0 Å². The third-order valence-corrected chi connectivity index (χ3v) is 6.15. The van der Waals surface area contributed by atoms with Gasteiger partial charge in [-0.25, -0.2) is 4.79 Å². The van der Waals surface area contributed by atoms with Crippen LogP contribution in [0.5, 0.6) is 11.5 Å². The van der Waals surface area contributed by atoms with E-state index in [-0.39, 0.29) is 24.0 Å². The molecule has 0 saturated carbocycles. The second-order valence-electron chi connectivity index (χ2n) is 8.23. The SMILES string of the molecule is Cc1ccc(Oc2ccc3c(c2)C[C@@H](NC[C@@H](O)c2cccc(Cl)c2)CC3)cc1C(=O)O.Cl. The first-order valence-corrected chi connectivity index (χ1v) is 11.1. The fraction of sp³-hybridized carbons (Fsp3) is 0.269. The summed E-state index contributed by atoms with van der Waals surface area (Å²) in [6.07, 6.45) is 2.17. The van der Waals surface area contributed by atoms with Crippen molar-refractivity contribution in [3.05, 3.63) is 93.5 Å². The van der Waals surface area contributed by atoms with Gasteiger partial charge in [0.1, 0.15) is 11.5 Å². The summed E-state index contributed by atoms with van der Waals surface area (Å²) >= 11 is 6.03. The number of aryl methyl sites for hydroxylation is 2. The largest absolute Gasteiger partial charge is 0.478 e. The Hall–Kier alpha value is -2.57. The lowest BCUT2D eigenvalue weighted by atomic mass is 9.88. The molecule has 0 bridgehead atoms. The van der Waals surface area contributed by atoms with Crippen molar-refractivity contribution in [3.8, 4) is 11.5 Å². The van der Waals surface area contributed by atoms with E-state index in [1.165, 1.54) is 11.1 Å². The van der Waals surface area contributed by atoms with E-state index in [1.807, 2.05) is 24.3 Å². The van der Waals surface area contributed by atoms with Crippen LogP contribution in [0.4, 0.5) is 0 Å². The van der Waals surface area contributed by atoms with E-state index in [2.05, 4.69) is 11.4 Å². The van der Waals surface area contributed by atoms with Gasteiger partial charge < -0.3 is 20.3 Å². The molecule has 1 aliphatic carbocycles. The van der Waals surface area contributed by atoms with Gasteiger partial charge in [-0.15, -0.1) is 12.4 Å². The number of aliphatic hydroxyl groups is 1. The van der Waals surface area contributed by atoms with E-state index in [0.717, 1.165) is 24.8 Å². The lowest BCUT2D eigenvalue weighted by molar-refractivity contribution is 0.0695. The van der Waals surface area contributed by atoms with Gasteiger partial charge in [0.15, 0.2) is 0 Å². The van der Waals surface area contributed by atoms with E-state index < -0.39 is 12.1 Å². The molecule has 3 N–H and O–H groups in total. The van der Waals surface area contributed by atoms with Gasteiger partial charge in [0.05, 0.1) is 11.7 Å². The quantitative estimate of drug-likeness (QED) is 0.395. The fourth-order valence-electron chi connectivity index (χ4n) is 4.11. The molecule has 0 spiro atoms. The minimum Gasteiger partial charge on any atom is -0.478 e. The Morgan fingerprint density at radius 3 is 2.64 bits per heavy atom. The van der Waals surface area contributed by atoms with E-state index >= 15 is 0 Å². The standard InChI is InChI=1S/C26H26ClNO4.ClH/c1-16-5-9-23(14-24(16)26(30)31)32-22-10-7-17-6-8-21(12-19(17)13-22)28-15-25(29)18-3-2-4-20(27)11-18;/h2-5,7,9-11,13-14,21,25,28-29H,6,8,12,15H2,1H3,(H,30,31);1H/t21-,25+;/m0./s1. The molecule has 0 radical (unpaired) electrons. The van der Waals surface area contributed by atoms with Gasteiger partial charge in [0.2, 0.25) is 0 Å². The number of benzene rings is 3. The molecule has 4 rings (SSSR count). The number of carboxylic acid groups (broad SMARTS) is 1. The van der Waals surface area contributed by atoms with Crippen molar-refractivity contribution in [2.24, 2.45) is 0 Å². The maximum Gasteiger partial charge on any atom is 0.336 e. The van der Waals surface area contributed by atoms with Gasteiger partial charge in [0.25, 0.3) is 0 Å². The van der Waals surface area contributed by atoms with Crippen molar-refractivity contribution < 1.29 is 19.7 Å². The van der Waals surface area contributed by atoms with E-state index in [9.17, 15) is 15.0 Å². The number of carboxylic acids is 1. The molecule has 3 aromatic rings. The Labute approximate surface area is 204 Å². The molecule has 0 unspecified atom stereocenters. The maximum atomic E-state index is 11.4. The highest BCUT2D eigenvalue weighted by Gasteiger charge is 2.20. The van der Waals surface area contributed by atoms with Gasteiger partial charge in [-0.2, -0.15) is 0 Å². The Balaban J connectivity index is 0.00000306. The van der Waals surface area contributed by atoms with Crippen molar-refractivity contribution in [2.45, 2.75) is 38.3 Å². The number of hydrogen-bond donors (Lipinski definition) is 3. The molecule has 5 nitrogen and oxygen atoms in total. The van der Waals surface area contributed by atoms with Crippen molar-refractivity contribution in [3.63, 3.8) is 0 Å². The van der Waals surface area contributed by atoms with Crippen LogP contribution in [0.15, 0.2) is 60.7 Å². The van der Waals surface area contributed by atoms with Crippen molar-refractivity contribution in [2.75, 3.05) is 6.54 Å². The molecule has 0 heterocycles. The molecule has 0 aromatic heterocycles. The summed E-state index contributed by atoms with van der Waals surface area (Å²) in [5.74, 6) is 0.221. The minimum absolute atomic E-state index is 0. The first kappa shape index (κ1) is 25.1. The number of fused-ring (bicyclic) bond motifs is 1. The topological polar surface area (TPSA) is 78.8 Å². The van der Waals surface area contributed by atoms with Crippen LogP contribution < -0.4 is 10.1 Å². The summed E-state index contributed by atoms with van der Waals surface area (Å²) in [6, 6.07) is 18.7. The summed E-state index contributed by atoms with van der Waals surface area (Å²) < 4.78 is 5.96. The van der Waals surface area contributed by atoms with Gasteiger partial charge in [-0.1, -0.05) is 35.9 Å². The number of halogens is 2. The van der Waals surface area contributed by atoms with Crippen LogP contribution in [0, 0.1) is 6.92 Å². The molecule has 1 aliphatic rings. The molecule has 0 saturated heterocycles. The van der Waals surface area contributed by atoms with Crippen molar-refractivity contribution in [1.82, 2.24) is 5.32 Å². The van der Waals surface area contributed by atoms with Gasteiger partial charge >= 0.3 is 5.97 Å².